The Kier molecular flexibility index (Phi) is 7.07. The molecule has 0 unspecified atom stereocenters. The molecule has 0 atom stereocenters. The first kappa shape index (κ1) is 25.4. The van der Waals surface area contributed by atoms with Crippen molar-refractivity contribution in [2.45, 2.75) is 13.0 Å². The molecule has 3 heterocycles. The molecule has 202 valence electrons. The largest absolute Gasteiger partial charge is 0.496 e. The average Bonchev–Trinajstić information content (AvgIpc) is 3.68. The number of fused-ring (bicyclic) bond motifs is 2. The highest BCUT2D eigenvalue weighted by Crippen LogP contribution is 2.37. The fraction of sp³-hybridized carbons (Fsp3) is 0.167. The van der Waals surface area contributed by atoms with Gasteiger partial charge in [0.15, 0.2) is 11.5 Å². The van der Waals surface area contributed by atoms with Crippen molar-refractivity contribution in [2.24, 2.45) is 0 Å². The van der Waals surface area contributed by atoms with E-state index >= 15 is 0 Å². The van der Waals surface area contributed by atoms with Crippen LogP contribution in [-0.2, 0) is 17.8 Å². The number of rotatable bonds is 11. The number of ketones is 1. The van der Waals surface area contributed by atoms with Crippen LogP contribution in [0.15, 0.2) is 83.4 Å². The predicted molar refractivity (Wildman–Crippen MR) is 151 cm³/mol. The summed E-state index contributed by atoms with van der Waals surface area (Å²) >= 11 is 1.34. The number of aromatic nitrogens is 3. The summed E-state index contributed by atoms with van der Waals surface area (Å²) in [5.74, 6) is 2.48. The second kappa shape index (κ2) is 11.1. The summed E-state index contributed by atoms with van der Waals surface area (Å²) < 4.78 is 30.3. The predicted octanol–water partition coefficient (Wildman–Crippen LogP) is 5.99. The van der Waals surface area contributed by atoms with E-state index in [4.69, 9.17) is 23.4 Å². The van der Waals surface area contributed by atoms with Crippen LogP contribution in [0.5, 0.6) is 22.4 Å². The van der Waals surface area contributed by atoms with Crippen molar-refractivity contribution >= 4 is 33.1 Å². The number of furan rings is 1. The van der Waals surface area contributed by atoms with Crippen LogP contribution in [0.25, 0.3) is 27.4 Å². The molecule has 10 heteroatoms. The standard InChI is InChI=1S/C30H25N3O6S/c1-35-23-13-26(24-15-28(39-27(24)14-23)25-16-33-29(31-25)40-30(32-33)36-2)38-17-20-8-6-7-19(11-20)12-21(34)18-37-22-9-4-3-5-10-22/h3-11,13-16H,12,17-18H2,1-2H3. The molecule has 0 fully saturated rings. The lowest BCUT2D eigenvalue weighted by Gasteiger charge is -2.10. The summed E-state index contributed by atoms with van der Waals surface area (Å²) in [6.45, 7) is 0.322. The minimum absolute atomic E-state index is 0.00449. The minimum Gasteiger partial charge on any atom is -0.496 e. The third-order valence-corrected chi connectivity index (χ3v) is 7.07. The first-order chi connectivity index (χ1) is 19.6. The quantitative estimate of drug-likeness (QED) is 0.192. The number of carbonyl (C=O) groups excluding carboxylic acids is 1. The summed E-state index contributed by atoms with van der Waals surface area (Å²) in [5.41, 5.74) is 3.10. The Bertz CT molecular complexity index is 1760. The van der Waals surface area contributed by atoms with Gasteiger partial charge >= 0.3 is 0 Å². The number of hydrogen-bond acceptors (Lipinski definition) is 9. The molecule has 3 aromatic carbocycles. The van der Waals surface area contributed by atoms with E-state index in [1.807, 2.05) is 72.8 Å². The van der Waals surface area contributed by atoms with Gasteiger partial charge in [-0.05, 0) is 40.7 Å². The van der Waals surface area contributed by atoms with Crippen molar-refractivity contribution in [3.63, 3.8) is 0 Å². The van der Waals surface area contributed by atoms with E-state index < -0.39 is 0 Å². The average molecular weight is 556 g/mol. The molecule has 0 aliphatic rings. The first-order valence-electron chi connectivity index (χ1n) is 12.5. The van der Waals surface area contributed by atoms with Gasteiger partial charge in [-0.1, -0.05) is 42.5 Å². The monoisotopic (exact) mass is 555 g/mol. The summed E-state index contributed by atoms with van der Waals surface area (Å²) in [5, 5.41) is 5.65. The van der Waals surface area contributed by atoms with E-state index in [-0.39, 0.29) is 18.8 Å². The molecule has 0 amide bonds. The van der Waals surface area contributed by atoms with E-state index in [1.54, 1.807) is 24.9 Å². The van der Waals surface area contributed by atoms with Crippen LogP contribution >= 0.6 is 11.3 Å². The number of ether oxygens (including phenoxy) is 4. The highest BCUT2D eigenvalue weighted by molar-refractivity contribution is 7.18. The van der Waals surface area contributed by atoms with Gasteiger partial charge in [-0.15, -0.1) is 5.10 Å². The molecule has 0 saturated carbocycles. The maximum atomic E-state index is 12.5. The van der Waals surface area contributed by atoms with Crippen LogP contribution in [0.1, 0.15) is 11.1 Å². The second-order valence-corrected chi connectivity index (χ2v) is 9.92. The van der Waals surface area contributed by atoms with Crippen LogP contribution < -0.4 is 18.9 Å². The third kappa shape index (κ3) is 5.48. The Morgan fingerprint density at radius 2 is 1.77 bits per heavy atom. The lowest BCUT2D eigenvalue weighted by molar-refractivity contribution is -0.120. The number of carbonyl (C=O) groups is 1. The zero-order chi connectivity index (χ0) is 27.5. The van der Waals surface area contributed by atoms with E-state index in [0.29, 0.717) is 51.0 Å². The summed E-state index contributed by atoms with van der Waals surface area (Å²) in [6.07, 6.45) is 2.07. The fourth-order valence-electron chi connectivity index (χ4n) is 4.28. The van der Waals surface area contributed by atoms with Crippen molar-refractivity contribution in [3.8, 4) is 33.9 Å². The molecule has 6 rings (SSSR count). The molecule has 0 aliphatic heterocycles. The SMILES string of the molecule is COc1cc(OCc2cccc(CC(=O)COc3ccccc3)c2)c2cc(-c3cn4nc(OC)sc4n3)oc2c1. The van der Waals surface area contributed by atoms with Gasteiger partial charge in [0.2, 0.25) is 4.96 Å². The van der Waals surface area contributed by atoms with Gasteiger partial charge in [0.1, 0.15) is 41.7 Å². The van der Waals surface area contributed by atoms with Gasteiger partial charge in [-0.25, -0.2) is 9.50 Å². The maximum Gasteiger partial charge on any atom is 0.294 e. The molecular weight excluding hydrogens is 530 g/mol. The van der Waals surface area contributed by atoms with Crippen molar-refractivity contribution in [1.29, 1.82) is 0 Å². The zero-order valence-electron chi connectivity index (χ0n) is 21.8. The molecule has 9 nitrogen and oxygen atoms in total. The smallest absolute Gasteiger partial charge is 0.294 e. The highest BCUT2D eigenvalue weighted by atomic mass is 32.1. The van der Waals surface area contributed by atoms with Crippen LogP contribution in [0, 0.1) is 0 Å². The number of nitrogens with zero attached hydrogens (tertiary/aromatic N) is 3. The molecule has 3 aromatic heterocycles. The maximum absolute atomic E-state index is 12.5. The summed E-state index contributed by atoms with van der Waals surface area (Å²) in [7, 11) is 3.17. The number of hydrogen-bond donors (Lipinski definition) is 0. The normalized spacial score (nSPS) is 11.2. The first-order valence-corrected chi connectivity index (χ1v) is 13.3. The van der Waals surface area contributed by atoms with E-state index in [0.717, 1.165) is 16.5 Å². The molecule has 0 bridgehead atoms. The van der Waals surface area contributed by atoms with Crippen LogP contribution in [0.3, 0.4) is 0 Å². The highest BCUT2D eigenvalue weighted by Gasteiger charge is 2.17. The van der Waals surface area contributed by atoms with Crippen LogP contribution in [-0.4, -0.2) is 41.2 Å². The Morgan fingerprint density at radius 3 is 2.58 bits per heavy atom. The Morgan fingerprint density at radius 1 is 0.925 bits per heavy atom. The fourth-order valence-corrected chi connectivity index (χ4v) is 4.98. The van der Waals surface area contributed by atoms with Gasteiger partial charge in [0, 0.05) is 18.6 Å². The summed E-state index contributed by atoms with van der Waals surface area (Å²) in [6, 6.07) is 22.6. The van der Waals surface area contributed by atoms with Crippen molar-refractivity contribution in [1.82, 2.24) is 14.6 Å². The number of Topliss-reactive ketones (excluding diaryl/α,β-unsaturated/α-hetero) is 1. The van der Waals surface area contributed by atoms with Crippen molar-refractivity contribution < 1.29 is 28.2 Å². The number of methoxy groups -OCH3 is 2. The molecule has 40 heavy (non-hydrogen) atoms. The lowest BCUT2D eigenvalue weighted by Crippen LogP contribution is -2.14. The molecule has 0 aliphatic carbocycles. The van der Waals surface area contributed by atoms with Gasteiger partial charge in [-0.3, -0.25) is 4.79 Å². The Hall–Kier alpha value is -4.83. The zero-order valence-corrected chi connectivity index (χ0v) is 22.6. The van der Waals surface area contributed by atoms with Crippen molar-refractivity contribution in [3.05, 3.63) is 90.1 Å². The van der Waals surface area contributed by atoms with Gasteiger partial charge in [-0.2, -0.15) is 0 Å². The van der Waals surface area contributed by atoms with Crippen molar-refractivity contribution in [2.75, 3.05) is 20.8 Å². The molecule has 0 saturated heterocycles. The third-order valence-electron chi connectivity index (χ3n) is 6.19. The number of para-hydroxylation sites is 1. The summed E-state index contributed by atoms with van der Waals surface area (Å²) in [4.78, 5) is 17.8. The lowest BCUT2D eigenvalue weighted by atomic mass is 10.1. The molecule has 6 aromatic rings. The Labute approximate surface area is 233 Å². The Balaban J connectivity index is 1.17. The second-order valence-electron chi connectivity index (χ2n) is 9.00. The minimum atomic E-state index is -0.00449. The molecule has 0 radical (unpaired) electrons. The van der Waals surface area contributed by atoms with E-state index in [2.05, 4.69) is 10.1 Å². The molecule has 0 N–H and O–H groups in total. The van der Waals surface area contributed by atoms with Gasteiger partial charge in [0.05, 0.1) is 25.8 Å². The number of imidazole rings is 1. The van der Waals surface area contributed by atoms with E-state index in [1.165, 1.54) is 11.3 Å². The number of benzene rings is 3. The van der Waals surface area contributed by atoms with E-state index in [9.17, 15) is 4.79 Å². The van der Waals surface area contributed by atoms with Gasteiger partial charge < -0.3 is 23.4 Å². The van der Waals surface area contributed by atoms with Gasteiger partial charge in [0.25, 0.3) is 5.19 Å². The molecular formula is C30H25N3O6S. The topological polar surface area (TPSA) is 97.3 Å². The van der Waals surface area contributed by atoms with Crippen LogP contribution in [0.4, 0.5) is 0 Å². The van der Waals surface area contributed by atoms with Crippen LogP contribution in [0.2, 0.25) is 0 Å². The molecule has 0 spiro atoms.